The molecule has 0 aromatic rings. The van der Waals surface area contributed by atoms with Gasteiger partial charge >= 0.3 is 0 Å². The van der Waals surface area contributed by atoms with Crippen molar-refractivity contribution in [1.82, 2.24) is 4.90 Å². The molecule has 0 spiro atoms. The Bertz CT molecular complexity index is 142. The van der Waals surface area contributed by atoms with Crippen LogP contribution in [0.15, 0.2) is 0 Å². The second-order valence-corrected chi connectivity index (χ2v) is 5.22. The lowest BCUT2D eigenvalue weighted by molar-refractivity contribution is -0.0218. The maximum absolute atomic E-state index is 2.64. The molecule has 1 rings (SSSR count). The summed E-state index contributed by atoms with van der Waals surface area (Å²) in [7, 11) is 0. The third-order valence-corrected chi connectivity index (χ3v) is 3.35. The fourth-order valence-electron chi connectivity index (χ4n) is 2.90. The number of hydrogen-bond acceptors (Lipinski definition) is 1. The second kappa shape index (κ2) is 3.02. The fourth-order valence-corrected chi connectivity index (χ4v) is 2.90. The van der Waals surface area contributed by atoms with E-state index < -0.39 is 0 Å². The van der Waals surface area contributed by atoms with Gasteiger partial charge in [-0.3, -0.25) is 4.90 Å². The van der Waals surface area contributed by atoms with Gasteiger partial charge in [-0.2, -0.15) is 0 Å². The van der Waals surface area contributed by atoms with E-state index in [0.717, 1.165) is 0 Å². The molecule has 72 valence electrons. The molecule has 0 aromatic carbocycles. The van der Waals surface area contributed by atoms with Crippen molar-refractivity contribution in [3.05, 3.63) is 0 Å². The van der Waals surface area contributed by atoms with E-state index in [2.05, 4.69) is 39.5 Å². The molecule has 12 heavy (non-hydrogen) atoms. The van der Waals surface area contributed by atoms with E-state index in [1.165, 1.54) is 25.8 Å². The summed E-state index contributed by atoms with van der Waals surface area (Å²) in [6, 6.07) is 0. The molecule has 1 fully saturated rings. The minimum Gasteiger partial charge on any atom is -0.293 e. The first-order valence-corrected chi connectivity index (χ1v) is 5.18. The molecule has 0 aliphatic carbocycles. The topological polar surface area (TPSA) is 3.24 Å². The number of nitrogens with zero attached hydrogens (tertiary/aromatic N) is 1. The number of hydrogen-bond donors (Lipinski definition) is 0. The van der Waals surface area contributed by atoms with Crippen LogP contribution in [0, 0.1) is 0 Å². The van der Waals surface area contributed by atoms with Gasteiger partial charge in [0, 0.05) is 11.1 Å². The van der Waals surface area contributed by atoms with Crippen molar-refractivity contribution >= 4 is 0 Å². The Balaban J connectivity index is 2.81. The molecule has 0 amide bonds. The maximum atomic E-state index is 2.64. The predicted octanol–water partition coefficient (Wildman–Crippen LogP) is 3.05. The van der Waals surface area contributed by atoms with Gasteiger partial charge in [-0.25, -0.2) is 0 Å². The normalized spacial score (nSPS) is 28.8. The van der Waals surface area contributed by atoms with E-state index in [-0.39, 0.29) is 0 Å². The average molecular weight is 169 g/mol. The van der Waals surface area contributed by atoms with Crippen molar-refractivity contribution in [3.8, 4) is 0 Å². The molecule has 1 aliphatic heterocycles. The Kier molecular flexibility index (Phi) is 2.53. The first-order chi connectivity index (χ1) is 5.40. The summed E-state index contributed by atoms with van der Waals surface area (Å²) < 4.78 is 0. The van der Waals surface area contributed by atoms with Gasteiger partial charge in [0.15, 0.2) is 0 Å². The van der Waals surface area contributed by atoms with Gasteiger partial charge in [0.05, 0.1) is 0 Å². The molecule has 0 radical (unpaired) electrons. The van der Waals surface area contributed by atoms with E-state index in [1.807, 2.05) is 0 Å². The van der Waals surface area contributed by atoms with Crippen molar-refractivity contribution in [2.75, 3.05) is 6.54 Å². The lowest BCUT2D eigenvalue weighted by Gasteiger charge is -2.52. The number of rotatable bonds is 1. The van der Waals surface area contributed by atoms with Gasteiger partial charge in [-0.15, -0.1) is 0 Å². The highest BCUT2D eigenvalue weighted by Gasteiger charge is 2.39. The van der Waals surface area contributed by atoms with Crippen molar-refractivity contribution in [2.45, 2.75) is 65.0 Å². The average Bonchev–Trinajstić information content (AvgIpc) is 1.83. The summed E-state index contributed by atoms with van der Waals surface area (Å²) >= 11 is 0. The van der Waals surface area contributed by atoms with Crippen molar-refractivity contribution < 1.29 is 0 Å². The molecule has 0 N–H and O–H groups in total. The first-order valence-electron chi connectivity index (χ1n) is 5.18. The third-order valence-electron chi connectivity index (χ3n) is 3.35. The summed E-state index contributed by atoms with van der Waals surface area (Å²) in [4.78, 5) is 2.64. The Labute approximate surface area is 77.1 Å². The zero-order chi connectivity index (χ0) is 9.41. The van der Waals surface area contributed by atoms with Crippen LogP contribution in [0.25, 0.3) is 0 Å². The molecule has 1 heteroatoms. The van der Waals surface area contributed by atoms with Gasteiger partial charge in [0.25, 0.3) is 0 Å². The van der Waals surface area contributed by atoms with Crippen LogP contribution in [0.3, 0.4) is 0 Å². The Morgan fingerprint density at radius 2 is 1.42 bits per heavy atom. The maximum Gasteiger partial charge on any atom is 0.0158 e. The van der Waals surface area contributed by atoms with Crippen LogP contribution < -0.4 is 0 Å². The van der Waals surface area contributed by atoms with E-state index in [0.29, 0.717) is 11.1 Å². The molecule has 0 atom stereocenters. The minimum atomic E-state index is 0.413. The van der Waals surface area contributed by atoms with Crippen molar-refractivity contribution in [1.29, 1.82) is 0 Å². The summed E-state index contributed by atoms with van der Waals surface area (Å²) in [6.07, 6.45) is 4.09. The van der Waals surface area contributed by atoms with Gasteiger partial charge in [-0.05, 0) is 53.5 Å². The summed E-state index contributed by atoms with van der Waals surface area (Å²) in [5.74, 6) is 0. The van der Waals surface area contributed by atoms with Crippen LogP contribution in [0.2, 0.25) is 0 Å². The number of piperidine rings is 1. The largest absolute Gasteiger partial charge is 0.293 e. The lowest BCUT2D eigenvalue weighted by atomic mass is 9.80. The van der Waals surface area contributed by atoms with Crippen LogP contribution in [-0.4, -0.2) is 22.5 Å². The van der Waals surface area contributed by atoms with Crippen LogP contribution in [0.5, 0.6) is 0 Å². The smallest absolute Gasteiger partial charge is 0.0158 e. The molecule has 1 saturated heterocycles. The van der Waals surface area contributed by atoms with Crippen LogP contribution in [0.4, 0.5) is 0 Å². The minimum absolute atomic E-state index is 0.413. The van der Waals surface area contributed by atoms with Gasteiger partial charge in [-0.1, -0.05) is 6.92 Å². The highest BCUT2D eigenvalue weighted by molar-refractivity contribution is 4.95. The van der Waals surface area contributed by atoms with Crippen LogP contribution in [-0.2, 0) is 0 Å². The highest BCUT2D eigenvalue weighted by Crippen LogP contribution is 2.37. The Morgan fingerprint density at radius 1 is 1.00 bits per heavy atom. The molecule has 0 aromatic heterocycles. The molecule has 1 aliphatic rings. The lowest BCUT2D eigenvalue weighted by Crippen LogP contribution is -2.58. The monoisotopic (exact) mass is 169 g/mol. The SMILES string of the molecule is CCN1C(C)(C)CCCC1(C)C. The molecule has 0 saturated carbocycles. The molecule has 1 heterocycles. The number of likely N-dealkylation sites (tertiary alicyclic amines) is 1. The third kappa shape index (κ3) is 1.66. The van der Waals surface area contributed by atoms with Crippen molar-refractivity contribution in [3.63, 3.8) is 0 Å². The van der Waals surface area contributed by atoms with Gasteiger partial charge in [0.2, 0.25) is 0 Å². The highest BCUT2D eigenvalue weighted by atomic mass is 15.2. The van der Waals surface area contributed by atoms with E-state index in [9.17, 15) is 0 Å². The van der Waals surface area contributed by atoms with E-state index >= 15 is 0 Å². The van der Waals surface area contributed by atoms with E-state index in [1.54, 1.807) is 0 Å². The zero-order valence-corrected chi connectivity index (χ0v) is 9.28. The van der Waals surface area contributed by atoms with E-state index in [4.69, 9.17) is 0 Å². The molecule has 1 nitrogen and oxygen atoms in total. The molecule has 0 bridgehead atoms. The molecular formula is C11H23N. The van der Waals surface area contributed by atoms with Crippen LogP contribution in [0.1, 0.15) is 53.9 Å². The Morgan fingerprint density at radius 3 is 1.67 bits per heavy atom. The van der Waals surface area contributed by atoms with Crippen LogP contribution >= 0.6 is 0 Å². The second-order valence-electron chi connectivity index (χ2n) is 5.22. The predicted molar refractivity (Wildman–Crippen MR) is 54.4 cm³/mol. The summed E-state index contributed by atoms with van der Waals surface area (Å²) in [6.45, 7) is 12.9. The summed E-state index contributed by atoms with van der Waals surface area (Å²) in [5, 5.41) is 0. The fraction of sp³-hybridized carbons (Fsp3) is 1.00. The molecular weight excluding hydrogens is 146 g/mol. The standard InChI is InChI=1S/C11H23N/c1-6-12-10(2,3)8-7-9-11(12,4)5/h6-9H2,1-5H3. The van der Waals surface area contributed by atoms with Gasteiger partial charge < -0.3 is 0 Å². The summed E-state index contributed by atoms with van der Waals surface area (Å²) in [5.41, 5.74) is 0.826. The van der Waals surface area contributed by atoms with Crippen molar-refractivity contribution in [2.24, 2.45) is 0 Å². The zero-order valence-electron chi connectivity index (χ0n) is 9.28. The Hall–Kier alpha value is -0.0400. The first kappa shape index (κ1) is 10.0. The molecule has 0 unspecified atom stereocenters. The quantitative estimate of drug-likeness (QED) is 0.583. The van der Waals surface area contributed by atoms with Gasteiger partial charge in [0.1, 0.15) is 0 Å².